The average molecular weight is 667 g/mol. The summed E-state index contributed by atoms with van der Waals surface area (Å²) in [6, 6.07) is 15.4. The molecule has 231 valence electrons. The quantitative estimate of drug-likeness (QED) is 0.264. The fourth-order valence-corrected chi connectivity index (χ4v) is 5.28. The Labute approximate surface area is 286 Å². The van der Waals surface area contributed by atoms with Crippen molar-refractivity contribution in [2.24, 2.45) is 9.98 Å². The van der Waals surface area contributed by atoms with Gasteiger partial charge in [-0.05, 0) is 87.8 Å². The Kier molecular flexibility index (Phi) is 21.4. The molecule has 0 bridgehead atoms. The summed E-state index contributed by atoms with van der Waals surface area (Å²) in [6.07, 6.45) is 8.61. The van der Waals surface area contributed by atoms with Crippen molar-refractivity contribution in [3.8, 4) is 0 Å². The van der Waals surface area contributed by atoms with Crippen molar-refractivity contribution >= 4 is 22.8 Å². The molecule has 0 saturated heterocycles. The first-order valence-corrected chi connectivity index (χ1v) is 14.6. The van der Waals surface area contributed by atoms with Gasteiger partial charge in [-0.3, -0.25) is 9.98 Å². The van der Waals surface area contributed by atoms with Crippen LogP contribution in [0.3, 0.4) is 0 Å². The van der Waals surface area contributed by atoms with Crippen LogP contribution in [0.25, 0.3) is 0 Å². The number of hydrogen-bond acceptors (Lipinski definition) is 3. The maximum atomic E-state index is 5.19. The largest absolute Gasteiger partial charge is 1.00 e. The number of hydrogen-bond donors (Lipinski definition) is 0. The van der Waals surface area contributed by atoms with Crippen LogP contribution in [0, 0.1) is 13.8 Å². The van der Waals surface area contributed by atoms with E-state index in [1.807, 2.05) is 0 Å². The van der Waals surface area contributed by atoms with Gasteiger partial charge in [0.05, 0.1) is 34.2 Å². The van der Waals surface area contributed by atoms with Crippen molar-refractivity contribution in [2.45, 2.75) is 107 Å². The van der Waals surface area contributed by atoms with Crippen molar-refractivity contribution in [3.63, 3.8) is 0 Å². The first-order valence-electron chi connectivity index (χ1n) is 14.6. The Morgan fingerprint density at radius 1 is 0.571 bits per heavy atom. The predicted octanol–water partition coefficient (Wildman–Crippen LogP) is 0.799. The van der Waals surface area contributed by atoms with Gasteiger partial charge in [0.15, 0.2) is 0 Å². The summed E-state index contributed by atoms with van der Waals surface area (Å²) < 4.78 is 0. The van der Waals surface area contributed by atoms with E-state index in [2.05, 4.69) is 97.9 Å². The third kappa shape index (κ3) is 11.5. The van der Waals surface area contributed by atoms with Crippen LogP contribution < -0.4 is 37.2 Å². The molecule has 0 N–H and O–H groups in total. The van der Waals surface area contributed by atoms with Crippen LogP contribution in [0.15, 0.2) is 52.4 Å². The minimum atomic E-state index is 0. The fourth-order valence-electron chi connectivity index (χ4n) is 5.28. The molecular weight excluding hydrogens is 620 g/mol. The zero-order valence-electron chi connectivity index (χ0n) is 26.6. The molecule has 0 aliphatic carbocycles. The Bertz CT molecular complexity index is 1170. The molecule has 1 radical (unpaired) electrons. The third-order valence-corrected chi connectivity index (χ3v) is 6.95. The van der Waals surface area contributed by atoms with Crippen molar-refractivity contribution in [1.82, 2.24) is 4.98 Å². The van der Waals surface area contributed by atoms with Gasteiger partial charge < -0.3 is 37.2 Å². The van der Waals surface area contributed by atoms with Crippen molar-refractivity contribution in [3.05, 3.63) is 87.2 Å². The number of nitrogens with zero attached hydrogens (tertiary/aromatic N) is 3. The van der Waals surface area contributed by atoms with Crippen LogP contribution in [0.1, 0.15) is 112 Å². The van der Waals surface area contributed by atoms with E-state index in [1.54, 1.807) is 0 Å². The summed E-state index contributed by atoms with van der Waals surface area (Å²) in [5, 5.41) is 0. The summed E-state index contributed by atoms with van der Waals surface area (Å²) in [5.74, 6) is 0. The number of aryl methyl sites for hydroxylation is 6. The molecule has 0 fully saturated rings. The van der Waals surface area contributed by atoms with E-state index in [0.29, 0.717) is 0 Å². The molecule has 0 aliphatic rings. The molecule has 0 saturated carbocycles. The minimum absolute atomic E-state index is 0. The normalized spacial score (nSPS) is 11.1. The monoisotopic (exact) mass is 665 g/mol. The molecular formula is C35H47Cl3N3V-3. The molecule has 3 aromatic rings. The number of benzene rings is 2. The van der Waals surface area contributed by atoms with E-state index in [1.165, 1.54) is 33.4 Å². The van der Waals surface area contributed by atoms with Gasteiger partial charge in [0.2, 0.25) is 0 Å². The maximum absolute atomic E-state index is 5.19. The molecule has 0 spiro atoms. The SMILES string of the molecule is CCCc1cc(C)cc(CCC)c1N=C(C)c1cccc(C(C)=Nc2c(CCC)cc(C)cc2CCC)n1.[Cl-].[Cl-].[Cl-].[V]. The van der Waals surface area contributed by atoms with E-state index in [0.717, 1.165) is 85.6 Å². The second-order valence-corrected chi connectivity index (χ2v) is 10.7. The Hall–Kier alpha value is -1.62. The van der Waals surface area contributed by atoms with Crippen molar-refractivity contribution in [1.29, 1.82) is 0 Å². The Morgan fingerprint density at radius 3 is 1.12 bits per heavy atom. The maximum Gasteiger partial charge on any atom is 0.0849 e. The molecule has 3 rings (SSSR count). The van der Waals surface area contributed by atoms with Gasteiger partial charge in [-0.2, -0.15) is 0 Å². The second kappa shape index (κ2) is 21.1. The first-order chi connectivity index (χ1) is 18.3. The fraction of sp³-hybridized carbons (Fsp3) is 0.457. The summed E-state index contributed by atoms with van der Waals surface area (Å²) in [6.45, 7) is 17.5. The topological polar surface area (TPSA) is 37.6 Å². The number of pyridine rings is 1. The minimum Gasteiger partial charge on any atom is -1.00 e. The number of aliphatic imine (C=N–C) groups is 2. The Balaban J connectivity index is 0. The molecule has 3 nitrogen and oxygen atoms in total. The second-order valence-electron chi connectivity index (χ2n) is 10.7. The first kappa shape index (κ1) is 42.5. The number of rotatable bonds is 12. The van der Waals surface area contributed by atoms with E-state index < -0.39 is 0 Å². The summed E-state index contributed by atoms with van der Waals surface area (Å²) >= 11 is 0. The average Bonchev–Trinajstić information content (AvgIpc) is 2.88. The van der Waals surface area contributed by atoms with Crippen LogP contribution in [0.2, 0.25) is 0 Å². The standard InChI is InChI=1S/C35H47N3.3ClH.V/c1-9-14-28-20-24(5)21-29(15-10-2)34(28)36-26(7)32-18-13-19-33(38-32)27(8)37-35-30(16-11-3)22-25(6)23-31(35)17-12-4;;;;/h13,18-23H,9-12,14-17H2,1-8H3;3*1H;/p-3. The van der Waals surface area contributed by atoms with E-state index in [-0.39, 0.29) is 55.8 Å². The van der Waals surface area contributed by atoms with Gasteiger partial charge in [-0.15, -0.1) is 0 Å². The van der Waals surface area contributed by atoms with Crippen LogP contribution >= 0.6 is 0 Å². The van der Waals surface area contributed by atoms with Gasteiger partial charge in [-0.25, -0.2) is 4.98 Å². The molecule has 7 heteroatoms. The molecule has 0 unspecified atom stereocenters. The van der Waals surface area contributed by atoms with Gasteiger partial charge in [0, 0.05) is 18.6 Å². The summed E-state index contributed by atoms with van der Waals surface area (Å²) in [7, 11) is 0. The molecule has 0 aliphatic heterocycles. The number of halogens is 3. The van der Waals surface area contributed by atoms with Crippen molar-refractivity contribution in [2.75, 3.05) is 0 Å². The van der Waals surface area contributed by atoms with Crippen LogP contribution in [-0.4, -0.2) is 16.4 Å². The molecule has 1 heterocycles. The third-order valence-electron chi connectivity index (χ3n) is 6.95. The Morgan fingerprint density at radius 2 is 0.857 bits per heavy atom. The van der Waals surface area contributed by atoms with E-state index >= 15 is 0 Å². The zero-order valence-corrected chi connectivity index (χ0v) is 30.3. The summed E-state index contributed by atoms with van der Waals surface area (Å²) in [5.41, 5.74) is 14.0. The van der Waals surface area contributed by atoms with E-state index in [9.17, 15) is 0 Å². The summed E-state index contributed by atoms with van der Waals surface area (Å²) in [4.78, 5) is 15.4. The van der Waals surface area contributed by atoms with Crippen LogP contribution in [0.5, 0.6) is 0 Å². The van der Waals surface area contributed by atoms with Gasteiger partial charge >= 0.3 is 0 Å². The van der Waals surface area contributed by atoms with Crippen LogP contribution in [-0.2, 0) is 44.2 Å². The smallest absolute Gasteiger partial charge is 0.0849 e. The van der Waals surface area contributed by atoms with Crippen molar-refractivity contribution < 1.29 is 55.8 Å². The molecule has 0 atom stereocenters. The number of aromatic nitrogens is 1. The van der Waals surface area contributed by atoms with Crippen LogP contribution in [0.4, 0.5) is 11.4 Å². The molecule has 0 amide bonds. The van der Waals surface area contributed by atoms with Gasteiger partial charge in [0.1, 0.15) is 0 Å². The van der Waals surface area contributed by atoms with E-state index in [4.69, 9.17) is 15.0 Å². The van der Waals surface area contributed by atoms with Gasteiger partial charge in [-0.1, -0.05) is 94.8 Å². The zero-order chi connectivity index (χ0) is 27.7. The molecule has 42 heavy (non-hydrogen) atoms. The van der Waals surface area contributed by atoms with Gasteiger partial charge in [0.25, 0.3) is 0 Å². The predicted molar refractivity (Wildman–Crippen MR) is 166 cm³/mol. The molecule has 2 aromatic carbocycles. The molecule has 1 aromatic heterocycles.